The van der Waals surface area contributed by atoms with Gasteiger partial charge < -0.3 is 14.8 Å². The summed E-state index contributed by atoms with van der Waals surface area (Å²) in [5, 5.41) is 3.35. The van der Waals surface area contributed by atoms with E-state index in [0.717, 1.165) is 31.2 Å². The molecule has 2 aromatic rings. The van der Waals surface area contributed by atoms with Crippen molar-refractivity contribution in [1.29, 1.82) is 0 Å². The van der Waals surface area contributed by atoms with Gasteiger partial charge in [-0.25, -0.2) is 0 Å². The largest absolute Gasteiger partial charge is 0.457 e. The molecule has 0 unspecified atom stereocenters. The third kappa shape index (κ3) is 4.88. The van der Waals surface area contributed by atoms with Gasteiger partial charge in [0.15, 0.2) is 0 Å². The van der Waals surface area contributed by atoms with Crippen molar-refractivity contribution in [1.82, 2.24) is 5.32 Å². The number of hydrogen-bond donors (Lipinski definition) is 1. The Balaban J connectivity index is 1.96. The monoisotopic (exact) mass is 285 g/mol. The van der Waals surface area contributed by atoms with Gasteiger partial charge in [-0.05, 0) is 49.2 Å². The highest BCUT2D eigenvalue weighted by molar-refractivity contribution is 5.38. The molecule has 1 N–H and O–H groups in total. The number of nitrogens with one attached hydrogen (secondary N) is 1. The van der Waals surface area contributed by atoms with Crippen molar-refractivity contribution >= 4 is 0 Å². The second kappa shape index (κ2) is 7.81. The highest BCUT2D eigenvalue weighted by Crippen LogP contribution is 2.24. The van der Waals surface area contributed by atoms with Crippen LogP contribution in [-0.4, -0.2) is 20.3 Å². The maximum atomic E-state index is 5.87. The Labute approximate surface area is 126 Å². The van der Waals surface area contributed by atoms with Crippen molar-refractivity contribution in [2.75, 3.05) is 20.3 Å². The van der Waals surface area contributed by atoms with E-state index in [1.165, 1.54) is 16.7 Å². The summed E-state index contributed by atoms with van der Waals surface area (Å²) in [6.07, 6.45) is 0. The average molecular weight is 285 g/mol. The van der Waals surface area contributed by atoms with Crippen molar-refractivity contribution in [2.45, 2.75) is 20.4 Å². The molecule has 3 heteroatoms. The van der Waals surface area contributed by atoms with E-state index in [4.69, 9.17) is 9.47 Å². The van der Waals surface area contributed by atoms with E-state index in [1.807, 2.05) is 18.2 Å². The first-order chi connectivity index (χ1) is 10.2. The zero-order chi connectivity index (χ0) is 15.1. The predicted octanol–water partition coefficient (Wildman–Crippen LogP) is 3.83. The first-order valence-electron chi connectivity index (χ1n) is 7.23. The lowest BCUT2D eigenvalue weighted by molar-refractivity contribution is 0.199. The van der Waals surface area contributed by atoms with Gasteiger partial charge in [0.2, 0.25) is 0 Å². The number of rotatable bonds is 7. The molecule has 0 aliphatic heterocycles. The summed E-state index contributed by atoms with van der Waals surface area (Å²) in [6.45, 7) is 6.61. The number of hydrogen-bond acceptors (Lipinski definition) is 3. The molecule has 0 saturated carbocycles. The predicted molar refractivity (Wildman–Crippen MR) is 86.0 cm³/mol. The van der Waals surface area contributed by atoms with Gasteiger partial charge in [-0.15, -0.1) is 0 Å². The molecule has 0 fully saturated rings. The molecule has 0 amide bonds. The molecule has 0 radical (unpaired) electrons. The molecule has 3 nitrogen and oxygen atoms in total. The molecule has 112 valence electrons. The summed E-state index contributed by atoms with van der Waals surface area (Å²) in [6, 6.07) is 14.3. The lowest BCUT2D eigenvalue weighted by Gasteiger charge is -2.11. The zero-order valence-corrected chi connectivity index (χ0v) is 13.0. The summed E-state index contributed by atoms with van der Waals surface area (Å²) >= 11 is 0. The van der Waals surface area contributed by atoms with E-state index in [1.54, 1.807) is 7.11 Å². The maximum Gasteiger partial charge on any atom is 0.127 e. The van der Waals surface area contributed by atoms with Crippen LogP contribution in [0.1, 0.15) is 16.7 Å². The Morgan fingerprint density at radius 1 is 0.952 bits per heavy atom. The van der Waals surface area contributed by atoms with Gasteiger partial charge in [0.05, 0.1) is 6.61 Å². The minimum absolute atomic E-state index is 0.730. The summed E-state index contributed by atoms with van der Waals surface area (Å²) < 4.78 is 10.9. The van der Waals surface area contributed by atoms with Crippen LogP contribution in [0.3, 0.4) is 0 Å². The Hall–Kier alpha value is -1.84. The number of benzene rings is 2. The maximum absolute atomic E-state index is 5.87. The molecule has 0 spiro atoms. The standard InChI is InChI=1S/C18H23NO2/c1-14-4-7-17(8-5-14)21-18-9-6-16(15(2)12-18)13-19-10-11-20-3/h4-9,12,19H,10-11,13H2,1-3H3. The molecule has 0 bridgehead atoms. The fourth-order valence-electron chi connectivity index (χ4n) is 2.07. The Morgan fingerprint density at radius 3 is 2.33 bits per heavy atom. The molecular weight excluding hydrogens is 262 g/mol. The highest BCUT2D eigenvalue weighted by Gasteiger charge is 2.02. The van der Waals surface area contributed by atoms with Crippen LogP contribution < -0.4 is 10.1 Å². The van der Waals surface area contributed by atoms with E-state index < -0.39 is 0 Å². The smallest absolute Gasteiger partial charge is 0.127 e. The first-order valence-corrected chi connectivity index (χ1v) is 7.23. The van der Waals surface area contributed by atoms with Crippen molar-refractivity contribution in [3.8, 4) is 11.5 Å². The Bertz CT molecular complexity index is 564. The molecule has 0 saturated heterocycles. The number of ether oxygens (including phenoxy) is 2. The number of methoxy groups -OCH3 is 1. The van der Waals surface area contributed by atoms with Crippen molar-refractivity contribution in [2.24, 2.45) is 0 Å². The minimum atomic E-state index is 0.730. The van der Waals surface area contributed by atoms with Crippen LogP contribution in [0.4, 0.5) is 0 Å². The normalized spacial score (nSPS) is 10.6. The van der Waals surface area contributed by atoms with Gasteiger partial charge in [-0.2, -0.15) is 0 Å². The molecule has 2 aromatic carbocycles. The fraction of sp³-hybridized carbons (Fsp3) is 0.333. The van der Waals surface area contributed by atoms with E-state index >= 15 is 0 Å². The number of aryl methyl sites for hydroxylation is 2. The highest BCUT2D eigenvalue weighted by atomic mass is 16.5. The quantitative estimate of drug-likeness (QED) is 0.784. The molecule has 0 aliphatic carbocycles. The van der Waals surface area contributed by atoms with Gasteiger partial charge in [0.1, 0.15) is 11.5 Å². The molecule has 0 heterocycles. The van der Waals surface area contributed by atoms with Gasteiger partial charge in [-0.3, -0.25) is 0 Å². The SMILES string of the molecule is COCCNCc1ccc(Oc2ccc(C)cc2)cc1C. The second-order valence-electron chi connectivity index (χ2n) is 5.17. The molecule has 0 atom stereocenters. The zero-order valence-electron chi connectivity index (χ0n) is 13.0. The topological polar surface area (TPSA) is 30.5 Å². The average Bonchev–Trinajstić information content (AvgIpc) is 2.48. The van der Waals surface area contributed by atoms with Gasteiger partial charge in [0.25, 0.3) is 0 Å². The Morgan fingerprint density at radius 2 is 1.67 bits per heavy atom. The summed E-state index contributed by atoms with van der Waals surface area (Å²) in [5.74, 6) is 1.74. The van der Waals surface area contributed by atoms with Crippen LogP contribution in [0, 0.1) is 13.8 Å². The van der Waals surface area contributed by atoms with E-state index in [9.17, 15) is 0 Å². The second-order valence-corrected chi connectivity index (χ2v) is 5.17. The lowest BCUT2D eigenvalue weighted by atomic mass is 10.1. The van der Waals surface area contributed by atoms with Crippen LogP contribution in [0.25, 0.3) is 0 Å². The first kappa shape index (κ1) is 15.5. The molecule has 0 aliphatic rings. The minimum Gasteiger partial charge on any atom is -0.457 e. The third-order valence-electron chi connectivity index (χ3n) is 3.37. The van der Waals surface area contributed by atoms with Crippen LogP contribution in [0.2, 0.25) is 0 Å². The van der Waals surface area contributed by atoms with Crippen molar-refractivity contribution < 1.29 is 9.47 Å². The van der Waals surface area contributed by atoms with Crippen LogP contribution in [-0.2, 0) is 11.3 Å². The molecule has 0 aromatic heterocycles. The molecule has 21 heavy (non-hydrogen) atoms. The van der Waals surface area contributed by atoms with Crippen LogP contribution >= 0.6 is 0 Å². The van der Waals surface area contributed by atoms with Crippen LogP contribution in [0.5, 0.6) is 11.5 Å². The summed E-state index contributed by atoms with van der Waals surface area (Å²) in [4.78, 5) is 0. The summed E-state index contributed by atoms with van der Waals surface area (Å²) in [7, 11) is 1.71. The van der Waals surface area contributed by atoms with Gasteiger partial charge in [-0.1, -0.05) is 23.8 Å². The third-order valence-corrected chi connectivity index (χ3v) is 3.37. The van der Waals surface area contributed by atoms with Crippen molar-refractivity contribution in [3.05, 3.63) is 59.2 Å². The van der Waals surface area contributed by atoms with Gasteiger partial charge >= 0.3 is 0 Å². The van der Waals surface area contributed by atoms with E-state index in [0.29, 0.717) is 0 Å². The molecular formula is C18H23NO2. The summed E-state index contributed by atoms with van der Waals surface area (Å²) in [5.41, 5.74) is 3.74. The lowest BCUT2D eigenvalue weighted by Crippen LogP contribution is -2.19. The Kier molecular flexibility index (Phi) is 5.78. The van der Waals surface area contributed by atoms with Gasteiger partial charge in [0, 0.05) is 20.2 Å². The molecule has 2 rings (SSSR count). The van der Waals surface area contributed by atoms with E-state index in [2.05, 4.69) is 43.4 Å². The van der Waals surface area contributed by atoms with E-state index in [-0.39, 0.29) is 0 Å². The van der Waals surface area contributed by atoms with Crippen molar-refractivity contribution in [3.63, 3.8) is 0 Å². The van der Waals surface area contributed by atoms with Crippen LogP contribution in [0.15, 0.2) is 42.5 Å². The fourth-order valence-corrected chi connectivity index (χ4v) is 2.07.